The Kier molecular flexibility index (Phi) is 16.2. The number of ether oxygens (including phenoxy) is 2. The number of nitrogens with one attached hydrogen (secondary N) is 2. The highest BCUT2D eigenvalue weighted by Crippen LogP contribution is 2.28. The number of hydrogen-bond donors (Lipinski definition) is 2. The lowest BCUT2D eigenvalue weighted by Gasteiger charge is -2.23. The largest absolute Gasteiger partial charge is 0.573 e. The second-order valence-electron chi connectivity index (χ2n) is 8.56. The van der Waals surface area contributed by atoms with Crippen molar-refractivity contribution in [3.63, 3.8) is 0 Å². The topological polar surface area (TPSA) is 62.8 Å². The number of carbonyl (C=O) groups excluding carboxylic acids is 1. The van der Waals surface area contributed by atoms with Crippen molar-refractivity contribution in [2.24, 2.45) is 0 Å². The SMILES string of the molecule is CC.CC/C=C\C/C=C\CN(C)/C(=C\C(C)=C\CC)Oc1ccccc1NC(=O)Nc1ccc(OC(F)(F)F)cc1. The third-order valence-corrected chi connectivity index (χ3v) is 5.17. The minimum Gasteiger partial charge on any atom is -0.439 e. The summed E-state index contributed by atoms with van der Waals surface area (Å²) in [6, 6.07) is 11.3. The number of urea groups is 1. The van der Waals surface area contributed by atoms with E-state index in [2.05, 4.69) is 59.6 Å². The number of likely N-dealkylation sites (N-methyl/N-ethyl adjacent to an activating group) is 1. The smallest absolute Gasteiger partial charge is 0.439 e. The molecule has 41 heavy (non-hydrogen) atoms. The molecule has 9 heteroatoms. The molecule has 0 saturated heterocycles. The number of carbonyl (C=O) groups is 1. The van der Waals surface area contributed by atoms with E-state index in [-0.39, 0.29) is 5.75 Å². The molecular weight excluding hydrogens is 531 g/mol. The zero-order valence-corrected chi connectivity index (χ0v) is 24.7. The third kappa shape index (κ3) is 14.7. The van der Waals surface area contributed by atoms with Crippen LogP contribution in [0, 0.1) is 0 Å². The molecule has 0 aliphatic rings. The van der Waals surface area contributed by atoms with E-state index in [4.69, 9.17) is 4.74 Å². The van der Waals surface area contributed by atoms with Crippen LogP contribution in [0.25, 0.3) is 0 Å². The van der Waals surface area contributed by atoms with Crippen molar-refractivity contribution < 1.29 is 27.4 Å². The molecule has 2 aromatic rings. The molecule has 0 heterocycles. The maximum absolute atomic E-state index is 12.6. The molecule has 2 N–H and O–H groups in total. The van der Waals surface area contributed by atoms with Crippen LogP contribution >= 0.6 is 0 Å². The van der Waals surface area contributed by atoms with Gasteiger partial charge >= 0.3 is 12.4 Å². The highest BCUT2D eigenvalue weighted by Gasteiger charge is 2.31. The average Bonchev–Trinajstić information content (AvgIpc) is 2.92. The van der Waals surface area contributed by atoms with Crippen molar-refractivity contribution in [2.75, 3.05) is 24.2 Å². The van der Waals surface area contributed by atoms with Crippen molar-refractivity contribution in [2.45, 2.75) is 60.2 Å². The first-order chi connectivity index (χ1) is 19.6. The number of para-hydroxylation sites is 2. The Morgan fingerprint density at radius 3 is 2.22 bits per heavy atom. The molecule has 0 fully saturated rings. The summed E-state index contributed by atoms with van der Waals surface area (Å²) in [6.45, 7) is 10.8. The van der Waals surface area contributed by atoms with Crippen LogP contribution in [0.3, 0.4) is 0 Å². The zero-order chi connectivity index (χ0) is 30.7. The fraction of sp³-hybridized carbons (Fsp3) is 0.344. The first kappa shape index (κ1) is 34.9. The first-order valence-corrected chi connectivity index (χ1v) is 13.7. The van der Waals surface area contributed by atoms with Gasteiger partial charge in [-0.25, -0.2) is 4.79 Å². The van der Waals surface area contributed by atoms with E-state index in [0.717, 1.165) is 37.0 Å². The van der Waals surface area contributed by atoms with Gasteiger partial charge in [0.05, 0.1) is 5.69 Å². The van der Waals surface area contributed by atoms with Crippen molar-refractivity contribution in [3.8, 4) is 11.5 Å². The molecule has 0 unspecified atom stereocenters. The van der Waals surface area contributed by atoms with E-state index in [1.54, 1.807) is 24.3 Å². The summed E-state index contributed by atoms with van der Waals surface area (Å²) < 4.78 is 47.2. The molecule has 2 amide bonds. The number of nitrogens with zero attached hydrogens (tertiary/aromatic N) is 1. The molecule has 0 aliphatic heterocycles. The Labute approximate surface area is 242 Å². The Bertz CT molecular complexity index is 1170. The molecule has 2 rings (SSSR count). The molecule has 0 spiro atoms. The second-order valence-corrected chi connectivity index (χ2v) is 8.56. The molecule has 0 aliphatic carbocycles. The quantitative estimate of drug-likeness (QED) is 0.142. The van der Waals surface area contributed by atoms with E-state index in [1.165, 1.54) is 12.1 Å². The maximum Gasteiger partial charge on any atom is 0.573 e. The van der Waals surface area contributed by atoms with E-state index < -0.39 is 12.4 Å². The van der Waals surface area contributed by atoms with E-state index in [9.17, 15) is 18.0 Å². The van der Waals surface area contributed by atoms with E-state index >= 15 is 0 Å². The number of benzene rings is 2. The van der Waals surface area contributed by atoms with Crippen molar-refractivity contribution in [3.05, 3.63) is 96.4 Å². The van der Waals surface area contributed by atoms with Crippen LogP contribution in [-0.4, -0.2) is 30.9 Å². The predicted molar refractivity (Wildman–Crippen MR) is 162 cm³/mol. The number of amides is 2. The summed E-state index contributed by atoms with van der Waals surface area (Å²) in [6.07, 6.45) is 10.4. The predicted octanol–water partition coefficient (Wildman–Crippen LogP) is 9.68. The summed E-state index contributed by atoms with van der Waals surface area (Å²) in [4.78, 5) is 14.6. The van der Waals surface area contributed by atoms with Crippen LogP contribution < -0.4 is 20.1 Å². The lowest BCUT2D eigenvalue weighted by Crippen LogP contribution is -2.23. The van der Waals surface area contributed by atoms with Gasteiger partial charge in [-0.2, -0.15) is 0 Å². The fourth-order valence-electron chi connectivity index (χ4n) is 3.35. The number of rotatable bonds is 13. The van der Waals surface area contributed by atoms with Crippen LogP contribution in [0.5, 0.6) is 11.5 Å². The van der Waals surface area contributed by atoms with Crippen LogP contribution in [0.15, 0.2) is 96.4 Å². The summed E-state index contributed by atoms with van der Waals surface area (Å²) in [5, 5.41) is 5.33. The Balaban J connectivity index is 0.00000411. The summed E-state index contributed by atoms with van der Waals surface area (Å²) in [5.74, 6) is 0.648. The van der Waals surface area contributed by atoms with Gasteiger partial charge in [0.1, 0.15) is 5.75 Å². The standard InChI is InChI=1S/C30H36F3N3O3.C2H6/c1-5-7-8-9-10-13-21-36(4)28(22-23(3)14-6-2)38-27-16-12-11-15-26(27)35-29(37)34-24-17-19-25(20-18-24)39-30(31,32)33;1-2/h7-8,10-20,22H,5-6,9,21H2,1-4H3,(H2,34,35,37);1-2H3/b8-7-,13-10-,23-14+,28-22+;. The molecule has 6 nitrogen and oxygen atoms in total. The normalized spacial score (nSPS) is 12.1. The Hall–Kier alpha value is -4.14. The van der Waals surface area contributed by atoms with Gasteiger partial charge in [-0.3, -0.25) is 0 Å². The average molecular weight is 574 g/mol. The van der Waals surface area contributed by atoms with Crippen LogP contribution in [-0.2, 0) is 0 Å². The van der Waals surface area contributed by atoms with Gasteiger partial charge in [0.25, 0.3) is 0 Å². The lowest BCUT2D eigenvalue weighted by molar-refractivity contribution is -0.274. The zero-order valence-electron chi connectivity index (χ0n) is 24.7. The number of anilines is 2. The van der Waals surface area contributed by atoms with Crippen LogP contribution in [0.2, 0.25) is 0 Å². The van der Waals surface area contributed by atoms with Gasteiger partial charge in [-0.1, -0.05) is 70.2 Å². The third-order valence-electron chi connectivity index (χ3n) is 5.17. The number of halogens is 3. The van der Waals surface area contributed by atoms with Gasteiger partial charge < -0.3 is 25.0 Å². The van der Waals surface area contributed by atoms with Crippen molar-refractivity contribution >= 4 is 17.4 Å². The van der Waals surface area contributed by atoms with Crippen LogP contribution in [0.1, 0.15) is 53.9 Å². The summed E-state index contributed by atoms with van der Waals surface area (Å²) in [5.41, 5.74) is 1.75. The summed E-state index contributed by atoms with van der Waals surface area (Å²) in [7, 11) is 1.92. The fourth-order valence-corrected chi connectivity index (χ4v) is 3.35. The van der Waals surface area contributed by atoms with Gasteiger partial charge in [-0.15, -0.1) is 13.2 Å². The van der Waals surface area contributed by atoms with Gasteiger partial charge in [0.2, 0.25) is 0 Å². The van der Waals surface area contributed by atoms with Crippen LogP contribution in [0.4, 0.5) is 29.3 Å². The molecule has 0 saturated carbocycles. The Morgan fingerprint density at radius 1 is 0.927 bits per heavy atom. The Morgan fingerprint density at radius 2 is 1.59 bits per heavy atom. The molecule has 0 bridgehead atoms. The second kappa shape index (κ2) is 19.0. The number of alkyl halides is 3. The molecule has 0 radical (unpaired) electrons. The molecule has 224 valence electrons. The van der Waals surface area contributed by atoms with Gasteiger partial charge in [0, 0.05) is 25.4 Å². The minimum atomic E-state index is -4.79. The first-order valence-electron chi connectivity index (χ1n) is 13.7. The lowest BCUT2D eigenvalue weighted by atomic mass is 10.2. The highest BCUT2D eigenvalue weighted by atomic mass is 19.4. The summed E-state index contributed by atoms with van der Waals surface area (Å²) >= 11 is 0. The van der Waals surface area contributed by atoms with E-state index in [1.807, 2.05) is 38.8 Å². The van der Waals surface area contributed by atoms with Gasteiger partial charge in [0.15, 0.2) is 11.6 Å². The minimum absolute atomic E-state index is 0.293. The molecular formula is C32H42F3N3O3. The van der Waals surface area contributed by atoms with Crippen molar-refractivity contribution in [1.29, 1.82) is 0 Å². The van der Waals surface area contributed by atoms with Crippen molar-refractivity contribution in [1.82, 2.24) is 4.90 Å². The maximum atomic E-state index is 12.6. The number of allylic oxidation sites excluding steroid dienone is 6. The molecule has 0 atom stereocenters. The van der Waals surface area contributed by atoms with Gasteiger partial charge in [-0.05, 0) is 68.2 Å². The molecule has 0 aromatic heterocycles. The van der Waals surface area contributed by atoms with E-state index in [0.29, 0.717) is 29.6 Å². The number of hydrogen-bond acceptors (Lipinski definition) is 4. The monoisotopic (exact) mass is 573 g/mol. The highest BCUT2D eigenvalue weighted by molar-refractivity contribution is 6.00. The molecule has 2 aromatic carbocycles.